The normalized spacial score (nSPS) is 13.9. The van der Waals surface area contributed by atoms with Gasteiger partial charge in [-0.1, -0.05) is 41.9 Å². The van der Waals surface area contributed by atoms with E-state index in [2.05, 4.69) is 43.6 Å². The molecule has 0 fully saturated rings. The van der Waals surface area contributed by atoms with Gasteiger partial charge in [0, 0.05) is 16.6 Å². The largest absolute Gasteiger partial charge is 0.337 e. The van der Waals surface area contributed by atoms with Crippen molar-refractivity contribution >= 4 is 21.8 Å². The molecule has 1 aromatic carbocycles. The topological polar surface area (TPSA) is 20.3 Å². The maximum Gasteiger partial charge on any atom is 0.227 e. The molecule has 2 unspecified atom stereocenters. The maximum absolute atomic E-state index is 12.5. The van der Waals surface area contributed by atoms with Crippen LogP contribution in [0.15, 0.2) is 28.7 Å². The van der Waals surface area contributed by atoms with Crippen molar-refractivity contribution in [1.29, 1.82) is 0 Å². The van der Waals surface area contributed by atoms with Gasteiger partial charge in [0.2, 0.25) is 5.91 Å². The van der Waals surface area contributed by atoms with Crippen molar-refractivity contribution in [3.8, 4) is 0 Å². The smallest absolute Gasteiger partial charge is 0.227 e. The number of benzene rings is 1. The van der Waals surface area contributed by atoms with Gasteiger partial charge in [0.25, 0.3) is 0 Å². The van der Waals surface area contributed by atoms with Crippen LogP contribution in [0.3, 0.4) is 0 Å². The third-order valence-electron chi connectivity index (χ3n) is 3.69. The summed E-state index contributed by atoms with van der Waals surface area (Å²) >= 11 is 3.41. The first-order valence-corrected chi connectivity index (χ1v) is 7.84. The molecule has 19 heavy (non-hydrogen) atoms. The second-order valence-electron chi connectivity index (χ2n) is 5.12. The summed E-state index contributed by atoms with van der Waals surface area (Å²) in [4.78, 5) is 14.6. The third-order valence-corrected chi connectivity index (χ3v) is 4.22. The van der Waals surface area contributed by atoms with Crippen LogP contribution >= 0.6 is 15.9 Å². The van der Waals surface area contributed by atoms with Crippen LogP contribution < -0.4 is 0 Å². The van der Waals surface area contributed by atoms with Crippen LogP contribution in [0.2, 0.25) is 0 Å². The Balaban J connectivity index is 2.79. The highest BCUT2D eigenvalue weighted by atomic mass is 79.9. The number of hydrogen-bond donors (Lipinski definition) is 0. The predicted octanol–water partition coefficient (Wildman–Crippen LogP) is 4.42. The fraction of sp³-hybridized carbons (Fsp3) is 0.562. The number of amides is 1. The summed E-state index contributed by atoms with van der Waals surface area (Å²) < 4.78 is 1.05. The molecule has 0 aliphatic rings. The molecule has 0 spiro atoms. The van der Waals surface area contributed by atoms with E-state index in [4.69, 9.17) is 0 Å². The molecular weight excluding hydrogens is 302 g/mol. The van der Waals surface area contributed by atoms with E-state index >= 15 is 0 Å². The molecule has 3 heteroatoms. The minimum absolute atomic E-state index is 0.228. The van der Waals surface area contributed by atoms with E-state index in [1.165, 1.54) is 0 Å². The van der Waals surface area contributed by atoms with Gasteiger partial charge in [0.1, 0.15) is 0 Å². The molecule has 1 aromatic rings. The zero-order valence-electron chi connectivity index (χ0n) is 12.3. The number of nitrogens with zero attached hydrogens (tertiary/aromatic N) is 1. The number of carbonyl (C=O) groups is 1. The predicted molar refractivity (Wildman–Crippen MR) is 84.2 cm³/mol. The van der Waals surface area contributed by atoms with Crippen LogP contribution in [0.25, 0.3) is 0 Å². The van der Waals surface area contributed by atoms with Gasteiger partial charge in [-0.15, -0.1) is 0 Å². The molecule has 2 nitrogen and oxygen atoms in total. The Morgan fingerprint density at radius 3 is 2.00 bits per heavy atom. The number of halogens is 1. The van der Waals surface area contributed by atoms with Crippen LogP contribution in [0.1, 0.15) is 46.1 Å². The lowest BCUT2D eigenvalue weighted by molar-refractivity contribution is -0.134. The average Bonchev–Trinajstić information content (AvgIpc) is 2.41. The summed E-state index contributed by atoms with van der Waals surface area (Å²) in [7, 11) is 0. The summed E-state index contributed by atoms with van der Waals surface area (Å²) in [5.74, 6) is 0.228. The molecule has 1 amide bonds. The average molecular weight is 326 g/mol. The maximum atomic E-state index is 12.5. The van der Waals surface area contributed by atoms with Gasteiger partial charge in [-0.05, 0) is 44.4 Å². The number of carbonyl (C=O) groups excluding carboxylic acids is 1. The van der Waals surface area contributed by atoms with E-state index in [1.807, 2.05) is 29.2 Å². The summed E-state index contributed by atoms with van der Waals surface area (Å²) in [6.07, 6.45) is 2.48. The molecule has 0 saturated carbocycles. The zero-order chi connectivity index (χ0) is 14.4. The van der Waals surface area contributed by atoms with Gasteiger partial charge in [0.05, 0.1) is 6.42 Å². The fourth-order valence-electron chi connectivity index (χ4n) is 2.19. The Labute approximate surface area is 125 Å². The Morgan fingerprint density at radius 1 is 1.11 bits per heavy atom. The SMILES string of the molecule is CCC(C)N(C(=O)Cc1ccc(Br)cc1)C(C)CC. The Morgan fingerprint density at radius 2 is 1.58 bits per heavy atom. The molecule has 0 N–H and O–H groups in total. The first-order valence-electron chi connectivity index (χ1n) is 7.05. The van der Waals surface area contributed by atoms with Crippen LogP contribution in [0, 0.1) is 0 Å². The molecule has 0 aliphatic carbocycles. The van der Waals surface area contributed by atoms with E-state index in [0.717, 1.165) is 22.9 Å². The van der Waals surface area contributed by atoms with Crippen molar-refractivity contribution in [2.24, 2.45) is 0 Å². The van der Waals surface area contributed by atoms with Gasteiger partial charge in [-0.25, -0.2) is 0 Å². The highest BCUT2D eigenvalue weighted by molar-refractivity contribution is 9.10. The summed E-state index contributed by atoms with van der Waals surface area (Å²) in [5.41, 5.74) is 1.07. The fourth-order valence-corrected chi connectivity index (χ4v) is 2.45. The molecule has 0 aliphatic heterocycles. The van der Waals surface area contributed by atoms with E-state index in [0.29, 0.717) is 18.5 Å². The zero-order valence-corrected chi connectivity index (χ0v) is 13.9. The molecule has 0 aromatic heterocycles. The molecule has 0 radical (unpaired) electrons. The Hall–Kier alpha value is -0.830. The third kappa shape index (κ3) is 4.64. The second-order valence-corrected chi connectivity index (χ2v) is 6.03. The molecule has 0 bridgehead atoms. The van der Waals surface area contributed by atoms with E-state index in [-0.39, 0.29) is 5.91 Å². The minimum atomic E-state index is 0.228. The minimum Gasteiger partial charge on any atom is -0.337 e. The molecule has 2 atom stereocenters. The highest BCUT2D eigenvalue weighted by Crippen LogP contribution is 2.16. The van der Waals surface area contributed by atoms with Crippen LogP contribution in [-0.2, 0) is 11.2 Å². The quantitative estimate of drug-likeness (QED) is 0.758. The Kier molecular flexibility index (Phi) is 6.56. The number of hydrogen-bond acceptors (Lipinski definition) is 1. The molecular formula is C16H24BrNO. The molecule has 0 saturated heterocycles. The van der Waals surface area contributed by atoms with E-state index in [9.17, 15) is 4.79 Å². The van der Waals surface area contributed by atoms with Gasteiger partial charge in [-0.2, -0.15) is 0 Å². The molecule has 1 rings (SSSR count). The molecule has 106 valence electrons. The first-order chi connectivity index (χ1) is 8.99. The lowest BCUT2D eigenvalue weighted by atomic mass is 10.1. The summed E-state index contributed by atoms with van der Waals surface area (Å²) in [6.45, 7) is 8.52. The van der Waals surface area contributed by atoms with Crippen molar-refractivity contribution in [3.05, 3.63) is 34.3 Å². The first kappa shape index (κ1) is 16.2. The monoisotopic (exact) mass is 325 g/mol. The summed E-state index contributed by atoms with van der Waals surface area (Å²) in [5, 5.41) is 0. The van der Waals surface area contributed by atoms with Crippen molar-refractivity contribution in [2.75, 3.05) is 0 Å². The van der Waals surface area contributed by atoms with Crippen molar-refractivity contribution < 1.29 is 4.79 Å². The van der Waals surface area contributed by atoms with Crippen LogP contribution in [0.4, 0.5) is 0 Å². The van der Waals surface area contributed by atoms with E-state index in [1.54, 1.807) is 0 Å². The van der Waals surface area contributed by atoms with Gasteiger partial charge >= 0.3 is 0 Å². The lowest BCUT2D eigenvalue weighted by Gasteiger charge is -2.34. The van der Waals surface area contributed by atoms with Gasteiger partial charge in [0.15, 0.2) is 0 Å². The number of rotatable bonds is 6. The Bertz CT molecular complexity index is 392. The van der Waals surface area contributed by atoms with Crippen molar-refractivity contribution in [2.45, 2.75) is 59.0 Å². The van der Waals surface area contributed by atoms with Crippen LogP contribution in [0.5, 0.6) is 0 Å². The molecule has 0 heterocycles. The van der Waals surface area contributed by atoms with E-state index < -0.39 is 0 Å². The second kappa shape index (κ2) is 7.68. The summed E-state index contributed by atoms with van der Waals surface area (Å²) in [6, 6.07) is 8.59. The van der Waals surface area contributed by atoms with Crippen molar-refractivity contribution in [3.63, 3.8) is 0 Å². The lowest BCUT2D eigenvalue weighted by Crippen LogP contribution is -2.45. The van der Waals surface area contributed by atoms with Crippen LogP contribution in [-0.4, -0.2) is 22.9 Å². The highest BCUT2D eigenvalue weighted by Gasteiger charge is 2.23. The van der Waals surface area contributed by atoms with Gasteiger partial charge in [-0.3, -0.25) is 4.79 Å². The van der Waals surface area contributed by atoms with Crippen molar-refractivity contribution in [1.82, 2.24) is 4.90 Å². The standard InChI is InChI=1S/C16H24BrNO/c1-5-12(3)18(13(4)6-2)16(19)11-14-7-9-15(17)10-8-14/h7-10,12-13H,5-6,11H2,1-4H3. The van der Waals surface area contributed by atoms with Gasteiger partial charge < -0.3 is 4.90 Å².